The van der Waals surface area contributed by atoms with Gasteiger partial charge in [-0.25, -0.2) is 4.79 Å². The zero-order chi connectivity index (χ0) is 17.3. The van der Waals surface area contributed by atoms with E-state index in [1.54, 1.807) is 17.1 Å². The van der Waals surface area contributed by atoms with Crippen molar-refractivity contribution in [3.63, 3.8) is 0 Å². The van der Waals surface area contributed by atoms with E-state index >= 15 is 0 Å². The molecule has 1 aromatic heterocycles. The number of urea groups is 1. The van der Waals surface area contributed by atoms with Gasteiger partial charge in [-0.2, -0.15) is 18.3 Å². The number of hydrogen-bond donors (Lipinski definition) is 1. The maximum atomic E-state index is 12.9. The van der Waals surface area contributed by atoms with Crippen LogP contribution in [0.5, 0.6) is 0 Å². The molecule has 1 N–H and O–H groups in total. The van der Waals surface area contributed by atoms with Crippen molar-refractivity contribution in [1.29, 1.82) is 0 Å². The van der Waals surface area contributed by atoms with Crippen LogP contribution in [0.1, 0.15) is 26.3 Å². The Morgan fingerprint density at radius 1 is 1.52 bits per heavy atom. The first-order valence-electron chi connectivity index (χ1n) is 7.39. The molecule has 9 heteroatoms. The van der Waals surface area contributed by atoms with E-state index in [1.807, 2.05) is 6.92 Å². The summed E-state index contributed by atoms with van der Waals surface area (Å²) in [6, 6.07) is -0.542. The van der Waals surface area contributed by atoms with E-state index in [1.165, 1.54) is 13.8 Å². The van der Waals surface area contributed by atoms with E-state index < -0.39 is 30.5 Å². The zero-order valence-corrected chi connectivity index (χ0v) is 13.4. The van der Waals surface area contributed by atoms with Gasteiger partial charge >= 0.3 is 12.2 Å². The van der Waals surface area contributed by atoms with Gasteiger partial charge in [0.15, 0.2) is 6.10 Å². The zero-order valence-electron chi connectivity index (χ0n) is 13.4. The van der Waals surface area contributed by atoms with Gasteiger partial charge in [-0.1, -0.05) is 0 Å². The molecule has 1 aliphatic rings. The third-order valence-electron chi connectivity index (χ3n) is 3.53. The highest BCUT2D eigenvalue weighted by Crippen LogP contribution is 2.31. The largest absolute Gasteiger partial charge is 0.416 e. The minimum atomic E-state index is -4.50. The molecule has 2 heterocycles. The lowest BCUT2D eigenvalue weighted by Crippen LogP contribution is -2.60. The maximum Gasteiger partial charge on any atom is 0.416 e. The number of alkyl halides is 3. The Morgan fingerprint density at radius 3 is 2.78 bits per heavy atom. The summed E-state index contributed by atoms with van der Waals surface area (Å²) in [4.78, 5) is 13.3. The van der Waals surface area contributed by atoms with Crippen molar-refractivity contribution in [1.82, 2.24) is 20.0 Å². The van der Waals surface area contributed by atoms with Gasteiger partial charge in [0.25, 0.3) is 0 Å². The van der Waals surface area contributed by atoms with Crippen LogP contribution in [0.4, 0.5) is 18.0 Å². The predicted molar refractivity (Wildman–Crippen MR) is 76.7 cm³/mol. The quantitative estimate of drug-likeness (QED) is 0.921. The number of nitrogens with zero attached hydrogens (tertiary/aromatic N) is 3. The number of carbonyl (C=O) groups is 1. The maximum absolute atomic E-state index is 12.9. The van der Waals surface area contributed by atoms with Crippen LogP contribution >= 0.6 is 0 Å². The molecule has 0 aliphatic carbocycles. The van der Waals surface area contributed by atoms with Crippen LogP contribution in [-0.4, -0.2) is 51.7 Å². The number of aromatic nitrogens is 2. The lowest BCUT2D eigenvalue weighted by Gasteiger charge is -2.43. The van der Waals surface area contributed by atoms with Gasteiger partial charge in [0.1, 0.15) is 0 Å². The molecule has 1 atom stereocenters. The molecule has 1 aromatic rings. The molecule has 1 aliphatic heterocycles. The summed E-state index contributed by atoms with van der Waals surface area (Å²) in [7, 11) is 0. The van der Waals surface area contributed by atoms with E-state index in [2.05, 4.69) is 10.4 Å². The third kappa shape index (κ3) is 4.60. The minimum Gasteiger partial charge on any atom is -0.359 e. The second kappa shape index (κ2) is 6.38. The first-order chi connectivity index (χ1) is 10.6. The van der Waals surface area contributed by atoms with Gasteiger partial charge in [0.05, 0.1) is 24.9 Å². The van der Waals surface area contributed by atoms with Crippen LogP contribution in [0, 0.1) is 0 Å². The minimum absolute atomic E-state index is 0.0969. The molecule has 130 valence electrons. The van der Waals surface area contributed by atoms with E-state index in [0.717, 1.165) is 10.5 Å². The molecule has 1 fully saturated rings. The molecule has 0 saturated carbocycles. The molecule has 0 radical (unpaired) electrons. The highest BCUT2D eigenvalue weighted by atomic mass is 19.4. The Hall–Kier alpha value is -1.77. The molecular weight excluding hydrogens is 313 g/mol. The fraction of sp³-hybridized carbons (Fsp3) is 0.714. The topological polar surface area (TPSA) is 59.4 Å². The summed E-state index contributed by atoms with van der Waals surface area (Å²) in [5, 5.41) is 6.70. The van der Waals surface area contributed by atoms with Crippen LogP contribution in [0.15, 0.2) is 12.4 Å². The fourth-order valence-electron chi connectivity index (χ4n) is 2.47. The molecule has 0 aromatic carbocycles. The first-order valence-corrected chi connectivity index (χ1v) is 7.39. The highest BCUT2D eigenvalue weighted by molar-refractivity contribution is 5.74. The summed E-state index contributed by atoms with van der Waals surface area (Å²) in [5.41, 5.74) is -0.261. The molecule has 1 unspecified atom stereocenters. The number of nitrogens with one attached hydrogen (secondary N) is 1. The number of amides is 2. The standard InChI is InChI=1S/C14H21F3N4O2/c1-4-21-7-10(6-19-21)5-18-12(22)20-8-11(14(15,16)17)23-13(2,3)9-20/h6-7,11H,4-5,8-9H2,1-3H3,(H,18,22). The second-order valence-electron chi connectivity index (χ2n) is 6.15. The van der Waals surface area contributed by atoms with Crippen molar-refractivity contribution >= 4 is 6.03 Å². The Balaban J connectivity index is 1.97. The van der Waals surface area contributed by atoms with Gasteiger partial charge in [-0.05, 0) is 20.8 Å². The van der Waals surface area contributed by atoms with Gasteiger partial charge in [-0.3, -0.25) is 4.68 Å². The Labute approximate surface area is 132 Å². The molecule has 2 rings (SSSR count). The van der Waals surface area contributed by atoms with E-state index in [9.17, 15) is 18.0 Å². The molecule has 2 amide bonds. The molecule has 0 bridgehead atoms. The van der Waals surface area contributed by atoms with Crippen LogP contribution in [0.2, 0.25) is 0 Å². The van der Waals surface area contributed by atoms with Gasteiger partial charge < -0.3 is 15.0 Å². The van der Waals surface area contributed by atoms with Crippen LogP contribution in [0.25, 0.3) is 0 Å². The lowest BCUT2D eigenvalue weighted by molar-refractivity contribution is -0.267. The van der Waals surface area contributed by atoms with Crippen LogP contribution < -0.4 is 5.32 Å². The Bertz CT molecular complexity index is 556. The average Bonchev–Trinajstić information content (AvgIpc) is 2.90. The van der Waals surface area contributed by atoms with Gasteiger partial charge in [0.2, 0.25) is 0 Å². The smallest absolute Gasteiger partial charge is 0.359 e. The van der Waals surface area contributed by atoms with E-state index in [4.69, 9.17) is 4.74 Å². The highest BCUT2D eigenvalue weighted by Gasteiger charge is 2.49. The van der Waals surface area contributed by atoms with E-state index in [-0.39, 0.29) is 13.1 Å². The normalized spacial score (nSPS) is 21.3. The SMILES string of the molecule is CCn1cc(CNC(=O)N2CC(C(F)(F)F)OC(C)(C)C2)cn1. The number of rotatable bonds is 3. The number of ether oxygens (including phenoxy) is 1. The summed E-state index contributed by atoms with van der Waals surface area (Å²) in [5.74, 6) is 0. The van der Waals surface area contributed by atoms with Crippen molar-refractivity contribution < 1.29 is 22.7 Å². The second-order valence-corrected chi connectivity index (χ2v) is 6.15. The van der Waals surface area contributed by atoms with Gasteiger partial charge in [-0.15, -0.1) is 0 Å². The Kier molecular flexibility index (Phi) is 4.88. The average molecular weight is 334 g/mol. The van der Waals surface area contributed by atoms with Crippen molar-refractivity contribution in [3.8, 4) is 0 Å². The monoisotopic (exact) mass is 334 g/mol. The number of hydrogen-bond acceptors (Lipinski definition) is 3. The summed E-state index contributed by atoms with van der Waals surface area (Å²) >= 11 is 0. The number of aryl methyl sites for hydroxylation is 1. The van der Waals surface area contributed by atoms with Crippen molar-refractivity contribution in [2.24, 2.45) is 0 Å². The van der Waals surface area contributed by atoms with Crippen molar-refractivity contribution in [2.45, 2.75) is 51.7 Å². The summed E-state index contributed by atoms with van der Waals surface area (Å²) in [6.07, 6.45) is -3.08. The summed E-state index contributed by atoms with van der Waals surface area (Å²) in [6.45, 7) is 5.52. The van der Waals surface area contributed by atoms with Crippen molar-refractivity contribution in [2.75, 3.05) is 13.1 Å². The predicted octanol–water partition coefficient (Wildman–Crippen LogP) is 2.15. The molecular formula is C14H21F3N4O2. The number of carbonyl (C=O) groups excluding carboxylic acids is 1. The molecule has 0 spiro atoms. The fourth-order valence-corrected chi connectivity index (χ4v) is 2.47. The first kappa shape index (κ1) is 17.6. The third-order valence-corrected chi connectivity index (χ3v) is 3.53. The van der Waals surface area contributed by atoms with Gasteiger partial charge in [0, 0.05) is 24.8 Å². The summed E-state index contributed by atoms with van der Waals surface area (Å²) < 4.78 is 45.5. The Morgan fingerprint density at radius 2 is 2.22 bits per heavy atom. The number of halogens is 3. The van der Waals surface area contributed by atoms with E-state index in [0.29, 0.717) is 6.54 Å². The lowest BCUT2D eigenvalue weighted by atomic mass is 10.1. The molecule has 6 nitrogen and oxygen atoms in total. The van der Waals surface area contributed by atoms with Crippen LogP contribution in [0.3, 0.4) is 0 Å². The molecule has 1 saturated heterocycles. The van der Waals surface area contributed by atoms with Crippen LogP contribution in [-0.2, 0) is 17.8 Å². The molecule has 23 heavy (non-hydrogen) atoms. The number of morpholine rings is 1. The van der Waals surface area contributed by atoms with Crippen molar-refractivity contribution in [3.05, 3.63) is 18.0 Å².